The molecular formula is C22H33N5O2. The van der Waals surface area contributed by atoms with Crippen LogP contribution in [0.25, 0.3) is 0 Å². The minimum absolute atomic E-state index is 0.0500. The number of anilines is 1. The molecule has 0 radical (unpaired) electrons. The van der Waals surface area contributed by atoms with Crippen LogP contribution in [0.4, 0.5) is 10.6 Å². The number of carbonyl (C=O) groups is 1. The maximum absolute atomic E-state index is 12.9. The lowest BCUT2D eigenvalue weighted by atomic mass is 9.62. The lowest BCUT2D eigenvalue weighted by Crippen LogP contribution is -2.46. The Kier molecular flexibility index (Phi) is 5.12. The first-order chi connectivity index (χ1) is 14.2. The molecule has 4 aliphatic rings. The number of pyridine rings is 1. The van der Waals surface area contributed by atoms with Gasteiger partial charge in [0, 0.05) is 51.4 Å². The number of likely N-dealkylation sites (N-methyl/N-ethyl adjacent to an activating group) is 1. The average molecular weight is 400 g/mol. The molecule has 7 nitrogen and oxygen atoms in total. The normalized spacial score (nSPS) is 28.4. The van der Waals surface area contributed by atoms with Gasteiger partial charge in [0.2, 0.25) is 0 Å². The first-order valence-corrected chi connectivity index (χ1v) is 11.2. The van der Waals surface area contributed by atoms with Crippen molar-refractivity contribution in [2.75, 3.05) is 57.4 Å². The molecule has 158 valence electrons. The standard InChI is InChI=1S/C22H33N5O2/c1-2-25-8-10-26(11-9-25)20-5-4-17(12-23-20)13-24-21(28)27-16-22(6-3-7-22)18-14-29-15-19(18)27/h4-5,12,18-19H,2-3,6-11,13-16H2,1H3,(H,24,28). The Balaban J connectivity index is 1.15. The van der Waals surface area contributed by atoms with Gasteiger partial charge in [-0.3, -0.25) is 0 Å². The van der Waals surface area contributed by atoms with Crippen molar-refractivity contribution in [3.8, 4) is 0 Å². The quantitative estimate of drug-likeness (QED) is 0.838. The zero-order valence-electron chi connectivity index (χ0n) is 17.5. The van der Waals surface area contributed by atoms with E-state index in [9.17, 15) is 4.79 Å². The summed E-state index contributed by atoms with van der Waals surface area (Å²) in [5.41, 5.74) is 1.38. The number of rotatable bonds is 4. The van der Waals surface area contributed by atoms with Crippen molar-refractivity contribution in [1.29, 1.82) is 0 Å². The Morgan fingerprint density at radius 2 is 2.07 bits per heavy atom. The van der Waals surface area contributed by atoms with Crippen molar-refractivity contribution in [2.45, 2.75) is 38.8 Å². The number of hydrogen-bond donors (Lipinski definition) is 1. The van der Waals surface area contributed by atoms with E-state index in [1.165, 1.54) is 19.3 Å². The maximum atomic E-state index is 12.9. The summed E-state index contributed by atoms with van der Waals surface area (Å²) in [6.07, 6.45) is 5.70. The molecule has 7 heteroatoms. The van der Waals surface area contributed by atoms with Gasteiger partial charge in [-0.05, 0) is 36.4 Å². The molecule has 5 rings (SSSR count). The van der Waals surface area contributed by atoms with Gasteiger partial charge in [-0.2, -0.15) is 0 Å². The molecule has 3 saturated heterocycles. The number of aromatic nitrogens is 1. The predicted octanol–water partition coefficient (Wildman–Crippen LogP) is 1.93. The van der Waals surface area contributed by atoms with E-state index in [-0.39, 0.29) is 12.1 Å². The van der Waals surface area contributed by atoms with E-state index < -0.39 is 0 Å². The van der Waals surface area contributed by atoms with E-state index in [2.05, 4.69) is 39.2 Å². The van der Waals surface area contributed by atoms with Crippen LogP contribution in [0, 0.1) is 11.3 Å². The van der Waals surface area contributed by atoms with Gasteiger partial charge >= 0.3 is 6.03 Å². The number of nitrogens with zero attached hydrogens (tertiary/aromatic N) is 4. The first kappa shape index (κ1) is 19.1. The van der Waals surface area contributed by atoms with E-state index in [4.69, 9.17) is 4.74 Å². The highest BCUT2D eigenvalue weighted by Crippen LogP contribution is 2.55. The van der Waals surface area contributed by atoms with Gasteiger partial charge in [0.25, 0.3) is 0 Å². The number of amides is 2. The molecule has 2 unspecified atom stereocenters. The fourth-order valence-electron chi connectivity index (χ4n) is 5.67. The molecule has 3 aliphatic heterocycles. The Morgan fingerprint density at radius 3 is 2.72 bits per heavy atom. The van der Waals surface area contributed by atoms with Crippen molar-refractivity contribution >= 4 is 11.8 Å². The average Bonchev–Trinajstić information content (AvgIpc) is 3.33. The van der Waals surface area contributed by atoms with Crippen LogP contribution in [0.2, 0.25) is 0 Å². The topological polar surface area (TPSA) is 60.9 Å². The molecule has 2 amide bonds. The van der Waals surface area contributed by atoms with Crippen LogP contribution < -0.4 is 10.2 Å². The van der Waals surface area contributed by atoms with Crippen molar-refractivity contribution in [3.63, 3.8) is 0 Å². The second kappa shape index (κ2) is 7.76. The molecule has 1 N–H and O–H groups in total. The fraction of sp³-hybridized carbons (Fsp3) is 0.727. The van der Waals surface area contributed by atoms with Crippen molar-refractivity contribution in [2.24, 2.45) is 11.3 Å². The monoisotopic (exact) mass is 399 g/mol. The van der Waals surface area contributed by atoms with Gasteiger partial charge in [-0.25, -0.2) is 9.78 Å². The summed E-state index contributed by atoms with van der Waals surface area (Å²) < 4.78 is 5.73. The summed E-state index contributed by atoms with van der Waals surface area (Å²) in [6, 6.07) is 4.49. The molecule has 1 aromatic rings. The number of piperazine rings is 1. The third kappa shape index (κ3) is 3.48. The fourth-order valence-corrected chi connectivity index (χ4v) is 5.67. The third-order valence-corrected chi connectivity index (χ3v) is 7.73. The van der Waals surface area contributed by atoms with Gasteiger partial charge < -0.3 is 24.8 Å². The van der Waals surface area contributed by atoms with E-state index in [1.54, 1.807) is 0 Å². The maximum Gasteiger partial charge on any atom is 0.318 e. The Bertz CT molecular complexity index is 727. The molecule has 4 fully saturated rings. The van der Waals surface area contributed by atoms with Crippen LogP contribution in [-0.2, 0) is 11.3 Å². The van der Waals surface area contributed by atoms with Gasteiger partial charge in [0.15, 0.2) is 0 Å². The molecule has 29 heavy (non-hydrogen) atoms. The van der Waals surface area contributed by atoms with Crippen molar-refractivity contribution in [3.05, 3.63) is 23.9 Å². The Hall–Kier alpha value is -1.86. The smallest absolute Gasteiger partial charge is 0.318 e. The lowest BCUT2D eigenvalue weighted by Gasteiger charge is -2.41. The molecule has 4 heterocycles. The third-order valence-electron chi connectivity index (χ3n) is 7.73. The molecule has 0 aromatic carbocycles. The highest BCUT2D eigenvalue weighted by molar-refractivity contribution is 5.75. The first-order valence-electron chi connectivity index (χ1n) is 11.2. The number of likely N-dealkylation sites (tertiary alicyclic amines) is 1. The van der Waals surface area contributed by atoms with Gasteiger partial charge in [-0.1, -0.05) is 19.4 Å². The molecule has 1 spiro atoms. The summed E-state index contributed by atoms with van der Waals surface area (Å²) in [7, 11) is 0. The summed E-state index contributed by atoms with van der Waals surface area (Å²) in [5.74, 6) is 1.57. The largest absolute Gasteiger partial charge is 0.379 e. The van der Waals surface area contributed by atoms with Crippen molar-refractivity contribution < 1.29 is 9.53 Å². The second-order valence-corrected chi connectivity index (χ2v) is 9.16. The summed E-state index contributed by atoms with van der Waals surface area (Å²) in [4.78, 5) is 24.4. The zero-order chi connectivity index (χ0) is 19.8. The SMILES string of the molecule is CCN1CCN(c2ccc(CNC(=O)N3CC4(CCC4)C4COCC43)cn2)CC1. The number of hydrogen-bond acceptors (Lipinski definition) is 5. The van der Waals surface area contributed by atoms with Gasteiger partial charge in [0.1, 0.15) is 5.82 Å². The Labute approximate surface area is 173 Å². The van der Waals surface area contributed by atoms with E-state index in [0.29, 0.717) is 24.5 Å². The minimum atomic E-state index is 0.0500. The number of urea groups is 1. The summed E-state index contributed by atoms with van der Waals surface area (Å²) in [6.45, 7) is 10.5. The van der Waals surface area contributed by atoms with E-state index in [1.807, 2.05) is 11.1 Å². The molecular weight excluding hydrogens is 366 g/mol. The van der Waals surface area contributed by atoms with Gasteiger partial charge in [0.05, 0.1) is 19.3 Å². The van der Waals surface area contributed by atoms with Crippen molar-refractivity contribution in [1.82, 2.24) is 20.1 Å². The summed E-state index contributed by atoms with van der Waals surface area (Å²) in [5, 5.41) is 3.12. The summed E-state index contributed by atoms with van der Waals surface area (Å²) >= 11 is 0. The van der Waals surface area contributed by atoms with Gasteiger partial charge in [-0.15, -0.1) is 0 Å². The number of fused-ring (bicyclic) bond motifs is 2. The van der Waals surface area contributed by atoms with Crippen LogP contribution >= 0.6 is 0 Å². The molecule has 2 atom stereocenters. The molecule has 0 bridgehead atoms. The second-order valence-electron chi connectivity index (χ2n) is 9.16. The minimum Gasteiger partial charge on any atom is -0.379 e. The lowest BCUT2D eigenvalue weighted by molar-refractivity contribution is 0.0559. The zero-order valence-corrected chi connectivity index (χ0v) is 17.5. The number of carbonyl (C=O) groups excluding carboxylic acids is 1. The molecule has 1 aliphatic carbocycles. The van der Waals surface area contributed by atoms with E-state index in [0.717, 1.165) is 57.3 Å². The van der Waals surface area contributed by atoms with Crippen LogP contribution in [0.15, 0.2) is 18.3 Å². The predicted molar refractivity (Wildman–Crippen MR) is 112 cm³/mol. The number of ether oxygens (including phenoxy) is 1. The van der Waals surface area contributed by atoms with Crippen LogP contribution in [0.3, 0.4) is 0 Å². The Morgan fingerprint density at radius 1 is 1.24 bits per heavy atom. The van der Waals surface area contributed by atoms with Crippen LogP contribution in [0.1, 0.15) is 31.7 Å². The highest BCUT2D eigenvalue weighted by atomic mass is 16.5. The van der Waals surface area contributed by atoms with E-state index >= 15 is 0 Å². The number of nitrogens with one attached hydrogen (secondary N) is 1. The molecule has 1 saturated carbocycles. The van der Waals surface area contributed by atoms with Crippen LogP contribution in [-0.4, -0.2) is 79.3 Å². The molecule has 1 aromatic heterocycles. The van der Waals surface area contributed by atoms with Crippen LogP contribution in [0.5, 0.6) is 0 Å². The highest BCUT2D eigenvalue weighted by Gasteiger charge is 2.58.